The summed E-state index contributed by atoms with van der Waals surface area (Å²) in [6, 6.07) is 5.88. The summed E-state index contributed by atoms with van der Waals surface area (Å²) in [5.41, 5.74) is 8.67. The van der Waals surface area contributed by atoms with Crippen molar-refractivity contribution in [1.82, 2.24) is 0 Å². The number of likely N-dealkylation sites (N-methyl/N-ethyl adjacent to an activating group) is 1. The Balaban J connectivity index is 2.65. The predicted molar refractivity (Wildman–Crippen MR) is 66.7 cm³/mol. The average molecular weight is 224 g/mol. The molecular weight excluding hydrogens is 204 g/mol. The maximum Gasteiger partial charge on any atom is 0.0947 e. The molecule has 4 nitrogen and oxygen atoms in total. The number of rotatable bonds is 5. The van der Waals surface area contributed by atoms with Crippen LogP contribution in [0.1, 0.15) is 5.56 Å². The molecule has 0 fully saturated rings. The van der Waals surface area contributed by atoms with Crippen molar-refractivity contribution < 1.29 is 9.84 Å². The molecule has 0 aliphatic heterocycles. The number of aryl methyl sites for hydroxylation is 1. The molecule has 16 heavy (non-hydrogen) atoms. The van der Waals surface area contributed by atoms with Crippen LogP contribution in [0.25, 0.3) is 0 Å². The van der Waals surface area contributed by atoms with Crippen LogP contribution < -0.4 is 10.6 Å². The molecule has 4 heteroatoms. The lowest BCUT2D eigenvalue weighted by atomic mass is 10.1. The molecule has 0 radical (unpaired) electrons. The van der Waals surface area contributed by atoms with Crippen LogP contribution in [0.5, 0.6) is 0 Å². The first kappa shape index (κ1) is 12.8. The summed E-state index contributed by atoms with van der Waals surface area (Å²) in [6.45, 7) is 2.83. The summed E-state index contributed by atoms with van der Waals surface area (Å²) in [6.07, 6.45) is -0.488. The van der Waals surface area contributed by atoms with E-state index in [9.17, 15) is 5.11 Å². The molecule has 90 valence electrons. The minimum atomic E-state index is -0.488. The van der Waals surface area contributed by atoms with Gasteiger partial charge < -0.3 is 20.5 Å². The quantitative estimate of drug-likeness (QED) is 0.733. The first-order chi connectivity index (χ1) is 7.54. The second-order valence-corrected chi connectivity index (χ2v) is 4.03. The summed E-state index contributed by atoms with van der Waals surface area (Å²) in [5.74, 6) is 0. The molecule has 0 saturated carbocycles. The van der Waals surface area contributed by atoms with Gasteiger partial charge in [0, 0.05) is 32.1 Å². The van der Waals surface area contributed by atoms with Gasteiger partial charge in [0.05, 0.1) is 12.7 Å². The molecule has 1 aromatic rings. The van der Waals surface area contributed by atoms with Crippen molar-refractivity contribution in [2.45, 2.75) is 13.0 Å². The van der Waals surface area contributed by atoms with Gasteiger partial charge >= 0.3 is 0 Å². The molecular formula is C12H20N2O2. The number of ether oxygens (including phenoxy) is 1. The van der Waals surface area contributed by atoms with E-state index in [1.165, 1.54) is 0 Å². The number of methoxy groups -OCH3 is 1. The third-order valence-corrected chi connectivity index (χ3v) is 2.55. The highest BCUT2D eigenvalue weighted by Gasteiger charge is 2.09. The Morgan fingerprint density at radius 1 is 1.50 bits per heavy atom. The van der Waals surface area contributed by atoms with Gasteiger partial charge in [-0.1, -0.05) is 6.07 Å². The molecule has 0 aliphatic carbocycles. The topological polar surface area (TPSA) is 58.7 Å². The van der Waals surface area contributed by atoms with Crippen molar-refractivity contribution in [3.8, 4) is 0 Å². The number of nitrogen functional groups attached to an aromatic ring is 1. The smallest absolute Gasteiger partial charge is 0.0947 e. The molecule has 0 saturated heterocycles. The van der Waals surface area contributed by atoms with Crippen LogP contribution in [-0.4, -0.2) is 38.5 Å². The van der Waals surface area contributed by atoms with Crippen molar-refractivity contribution in [3.63, 3.8) is 0 Å². The van der Waals surface area contributed by atoms with E-state index in [0.29, 0.717) is 13.2 Å². The fraction of sp³-hybridized carbons (Fsp3) is 0.500. The molecule has 1 atom stereocenters. The Morgan fingerprint density at radius 3 is 2.75 bits per heavy atom. The second kappa shape index (κ2) is 5.72. The molecule has 0 aromatic heterocycles. The summed E-state index contributed by atoms with van der Waals surface area (Å²) >= 11 is 0. The van der Waals surface area contributed by atoms with Crippen LogP contribution in [0.4, 0.5) is 11.4 Å². The number of nitrogens with two attached hydrogens (primary N) is 1. The number of hydrogen-bond donors (Lipinski definition) is 2. The van der Waals surface area contributed by atoms with Gasteiger partial charge in [0.15, 0.2) is 0 Å². The number of benzene rings is 1. The first-order valence-corrected chi connectivity index (χ1v) is 5.29. The van der Waals surface area contributed by atoms with Crippen LogP contribution >= 0.6 is 0 Å². The zero-order valence-corrected chi connectivity index (χ0v) is 10.1. The fourth-order valence-electron chi connectivity index (χ4n) is 1.53. The van der Waals surface area contributed by atoms with Crippen molar-refractivity contribution in [2.75, 3.05) is 37.9 Å². The normalized spacial score (nSPS) is 12.5. The van der Waals surface area contributed by atoms with Gasteiger partial charge in [0.1, 0.15) is 0 Å². The number of anilines is 2. The van der Waals surface area contributed by atoms with Gasteiger partial charge in [-0.05, 0) is 24.6 Å². The van der Waals surface area contributed by atoms with E-state index in [1.54, 1.807) is 7.11 Å². The van der Waals surface area contributed by atoms with E-state index < -0.39 is 6.10 Å². The molecule has 0 amide bonds. The lowest BCUT2D eigenvalue weighted by Gasteiger charge is -2.23. The average Bonchev–Trinajstić information content (AvgIpc) is 2.22. The summed E-state index contributed by atoms with van der Waals surface area (Å²) in [4.78, 5) is 1.96. The van der Waals surface area contributed by atoms with E-state index in [1.807, 2.05) is 37.1 Å². The Kier molecular flexibility index (Phi) is 4.58. The highest BCUT2D eigenvalue weighted by atomic mass is 16.5. The van der Waals surface area contributed by atoms with E-state index in [-0.39, 0.29) is 0 Å². The van der Waals surface area contributed by atoms with E-state index in [4.69, 9.17) is 10.5 Å². The minimum absolute atomic E-state index is 0.339. The third kappa shape index (κ3) is 3.40. The van der Waals surface area contributed by atoms with Gasteiger partial charge in [-0.3, -0.25) is 0 Å². The summed E-state index contributed by atoms with van der Waals surface area (Å²) in [5, 5.41) is 9.61. The standard InChI is InChI=1S/C12H20N2O2/c1-9-4-5-10(6-12(9)13)14(2)7-11(15)8-16-3/h4-6,11,15H,7-8,13H2,1-3H3. The summed E-state index contributed by atoms with van der Waals surface area (Å²) in [7, 11) is 3.50. The van der Waals surface area contributed by atoms with Crippen LogP contribution in [-0.2, 0) is 4.74 Å². The van der Waals surface area contributed by atoms with Crippen molar-refractivity contribution in [3.05, 3.63) is 23.8 Å². The molecule has 3 N–H and O–H groups in total. The van der Waals surface area contributed by atoms with Crippen molar-refractivity contribution in [2.24, 2.45) is 0 Å². The first-order valence-electron chi connectivity index (χ1n) is 5.29. The Hall–Kier alpha value is -1.26. The SMILES string of the molecule is COCC(O)CN(C)c1ccc(C)c(N)c1. The molecule has 0 spiro atoms. The highest BCUT2D eigenvalue weighted by molar-refractivity contribution is 5.59. The third-order valence-electron chi connectivity index (χ3n) is 2.55. The van der Waals surface area contributed by atoms with E-state index >= 15 is 0 Å². The predicted octanol–water partition coefficient (Wildman–Crippen LogP) is 1.02. The van der Waals surface area contributed by atoms with Crippen molar-refractivity contribution >= 4 is 11.4 Å². The van der Waals surface area contributed by atoms with Crippen molar-refractivity contribution in [1.29, 1.82) is 0 Å². The lowest BCUT2D eigenvalue weighted by Crippen LogP contribution is -2.31. The second-order valence-electron chi connectivity index (χ2n) is 4.03. The van der Waals surface area contributed by atoms with Gasteiger partial charge in [-0.2, -0.15) is 0 Å². The Labute approximate surface area is 96.6 Å². The molecule has 0 aliphatic rings. The Morgan fingerprint density at radius 2 is 2.19 bits per heavy atom. The van der Waals surface area contributed by atoms with E-state index in [0.717, 1.165) is 16.9 Å². The van der Waals surface area contributed by atoms with E-state index in [2.05, 4.69) is 0 Å². The van der Waals surface area contributed by atoms with Gasteiger partial charge in [-0.15, -0.1) is 0 Å². The summed E-state index contributed by atoms with van der Waals surface area (Å²) < 4.78 is 4.88. The molecule has 0 bridgehead atoms. The number of aliphatic hydroxyl groups excluding tert-OH is 1. The molecule has 0 heterocycles. The fourth-order valence-corrected chi connectivity index (χ4v) is 1.53. The molecule has 1 unspecified atom stereocenters. The monoisotopic (exact) mass is 224 g/mol. The lowest BCUT2D eigenvalue weighted by molar-refractivity contribution is 0.0695. The maximum atomic E-state index is 9.61. The zero-order chi connectivity index (χ0) is 12.1. The minimum Gasteiger partial charge on any atom is -0.398 e. The largest absolute Gasteiger partial charge is 0.398 e. The van der Waals surface area contributed by atoms with Gasteiger partial charge in [-0.25, -0.2) is 0 Å². The van der Waals surface area contributed by atoms with Crippen LogP contribution in [0.3, 0.4) is 0 Å². The molecule has 1 aromatic carbocycles. The van der Waals surface area contributed by atoms with Crippen LogP contribution in [0.2, 0.25) is 0 Å². The van der Waals surface area contributed by atoms with Gasteiger partial charge in [0.25, 0.3) is 0 Å². The zero-order valence-electron chi connectivity index (χ0n) is 10.1. The number of nitrogens with zero attached hydrogens (tertiary/aromatic N) is 1. The van der Waals surface area contributed by atoms with Crippen LogP contribution in [0, 0.1) is 6.92 Å². The maximum absolute atomic E-state index is 9.61. The van der Waals surface area contributed by atoms with Gasteiger partial charge in [0.2, 0.25) is 0 Å². The highest BCUT2D eigenvalue weighted by Crippen LogP contribution is 2.19. The number of aliphatic hydroxyl groups is 1. The number of hydrogen-bond acceptors (Lipinski definition) is 4. The Bertz CT molecular complexity index is 342. The van der Waals surface area contributed by atoms with Crippen LogP contribution in [0.15, 0.2) is 18.2 Å². The molecule has 1 rings (SSSR count).